The topological polar surface area (TPSA) is 57.6 Å². The van der Waals surface area contributed by atoms with Crippen LogP contribution in [0.5, 0.6) is 0 Å². The van der Waals surface area contributed by atoms with E-state index < -0.39 is 61.0 Å². The summed E-state index contributed by atoms with van der Waals surface area (Å²) in [6.07, 6.45) is -11.9. The lowest BCUT2D eigenvalue weighted by Crippen LogP contribution is -2.53. The molecule has 2 aliphatic rings. The number of aliphatic carboxylic acids is 1. The van der Waals surface area contributed by atoms with Crippen LogP contribution in [0.4, 0.5) is 26.3 Å². The molecule has 0 bridgehead atoms. The number of alkyl halides is 6. The molecule has 0 aromatic heterocycles. The Labute approximate surface area is 121 Å². The van der Waals surface area contributed by atoms with E-state index in [2.05, 4.69) is 0 Å². The first kappa shape index (κ1) is 16.9. The molecule has 0 radical (unpaired) electrons. The Morgan fingerprint density at radius 1 is 1.00 bits per heavy atom. The molecule has 1 aliphatic carbocycles. The predicted molar refractivity (Wildman–Crippen MR) is 59.6 cm³/mol. The molecule has 4 nitrogen and oxygen atoms in total. The molecule has 2 atom stereocenters. The fourth-order valence-corrected chi connectivity index (χ4v) is 2.95. The molecule has 2 fully saturated rings. The molecule has 1 N–H and O–H groups in total. The van der Waals surface area contributed by atoms with Crippen LogP contribution in [-0.2, 0) is 9.59 Å². The second-order valence-corrected chi connectivity index (χ2v) is 5.72. The smallest absolute Gasteiger partial charge is 0.404 e. The van der Waals surface area contributed by atoms with Crippen molar-refractivity contribution < 1.29 is 41.0 Å². The maximum absolute atomic E-state index is 12.9. The Morgan fingerprint density at radius 3 is 1.82 bits per heavy atom. The van der Waals surface area contributed by atoms with Gasteiger partial charge in [0.1, 0.15) is 0 Å². The zero-order valence-corrected chi connectivity index (χ0v) is 11.2. The van der Waals surface area contributed by atoms with Crippen molar-refractivity contribution >= 4 is 11.9 Å². The van der Waals surface area contributed by atoms with Crippen molar-refractivity contribution in [2.24, 2.45) is 17.3 Å². The average Bonchev–Trinajstić information content (AvgIpc) is 2.70. The van der Waals surface area contributed by atoms with E-state index in [0.717, 1.165) is 0 Å². The molecule has 2 unspecified atom stereocenters. The third-order valence-electron chi connectivity index (χ3n) is 4.57. The number of likely N-dealkylation sites (tertiary alicyclic amines) is 1. The van der Waals surface area contributed by atoms with Crippen LogP contribution >= 0.6 is 0 Å². The minimum atomic E-state index is -5.52. The number of halogens is 6. The number of amides is 1. The first-order chi connectivity index (χ1) is 9.91. The van der Waals surface area contributed by atoms with Gasteiger partial charge in [-0.25, -0.2) is 0 Å². The Bertz CT molecular complexity index is 472. The molecule has 10 heteroatoms. The van der Waals surface area contributed by atoms with Gasteiger partial charge in [-0.2, -0.15) is 26.3 Å². The highest BCUT2D eigenvalue weighted by molar-refractivity contribution is 5.86. The normalized spacial score (nSPS) is 28.4. The Balaban J connectivity index is 2.17. The van der Waals surface area contributed by atoms with E-state index >= 15 is 0 Å². The van der Waals surface area contributed by atoms with Gasteiger partial charge in [-0.15, -0.1) is 0 Å². The van der Waals surface area contributed by atoms with Crippen LogP contribution in [0, 0.1) is 17.3 Å². The summed E-state index contributed by atoms with van der Waals surface area (Å²) in [5.74, 6) is -4.26. The van der Waals surface area contributed by atoms with E-state index in [9.17, 15) is 35.9 Å². The van der Waals surface area contributed by atoms with E-state index in [0.29, 0.717) is 4.90 Å². The van der Waals surface area contributed by atoms with Crippen molar-refractivity contribution in [1.82, 2.24) is 4.90 Å². The molecule has 126 valence electrons. The molecule has 1 heterocycles. The van der Waals surface area contributed by atoms with E-state index in [4.69, 9.17) is 5.11 Å². The summed E-state index contributed by atoms with van der Waals surface area (Å²) in [6.45, 7) is -2.18. The summed E-state index contributed by atoms with van der Waals surface area (Å²) < 4.78 is 77.4. The fourth-order valence-electron chi connectivity index (χ4n) is 2.95. The Morgan fingerprint density at radius 2 is 1.50 bits per heavy atom. The quantitative estimate of drug-likeness (QED) is 0.790. The van der Waals surface area contributed by atoms with Gasteiger partial charge in [-0.05, 0) is 19.3 Å². The van der Waals surface area contributed by atoms with Crippen molar-refractivity contribution in [3.8, 4) is 0 Å². The van der Waals surface area contributed by atoms with Gasteiger partial charge in [0.25, 0.3) is 0 Å². The van der Waals surface area contributed by atoms with Crippen LogP contribution in [0.2, 0.25) is 0 Å². The number of nitrogens with zero attached hydrogens (tertiary/aromatic N) is 1. The molecule has 22 heavy (non-hydrogen) atoms. The molecule has 1 saturated carbocycles. The van der Waals surface area contributed by atoms with E-state index in [1.54, 1.807) is 0 Å². The van der Waals surface area contributed by atoms with Crippen molar-refractivity contribution in [3.63, 3.8) is 0 Å². The summed E-state index contributed by atoms with van der Waals surface area (Å²) in [6, 6.07) is 0. The van der Waals surface area contributed by atoms with Crippen LogP contribution in [0.1, 0.15) is 19.3 Å². The SMILES string of the molecule is O=C(O)C1CCC1C(=O)N1CCC(C(F)(F)F)(C(F)(F)F)C1. The fraction of sp³-hybridized carbons (Fsp3) is 0.833. The van der Waals surface area contributed by atoms with E-state index in [-0.39, 0.29) is 12.8 Å². The van der Waals surface area contributed by atoms with Gasteiger partial charge in [0.2, 0.25) is 5.91 Å². The molecular weight excluding hydrogens is 320 g/mol. The van der Waals surface area contributed by atoms with Gasteiger partial charge in [0.05, 0.1) is 11.8 Å². The van der Waals surface area contributed by atoms with Crippen molar-refractivity contribution in [1.29, 1.82) is 0 Å². The zero-order chi connectivity index (χ0) is 16.9. The second-order valence-electron chi connectivity index (χ2n) is 5.72. The van der Waals surface area contributed by atoms with E-state index in [1.165, 1.54) is 0 Å². The first-order valence-electron chi connectivity index (χ1n) is 6.56. The largest absolute Gasteiger partial charge is 0.481 e. The summed E-state index contributed by atoms with van der Waals surface area (Å²) in [7, 11) is 0. The number of hydrogen-bond acceptors (Lipinski definition) is 2. The standard InChI is InChI=1S/C12H13F6NO3/c13-11(14,15)10(12(16,17)18)3-4-19(5-10)8(20)6-1-2-7(6)9(21)22/h6-7H,1-5H2,(H,21,22). The molecule has 2 rings (SSSR count). The molecule has 0 spiro atoms. The van der Waals surface area contributed by atoms with Gasteiger partial charge in [-0.1, -0.05) is 0 Å². The number of carbonyl (C=O) groups excluding carboxylic acids is 1. The molecular formula is C12H13F6NO3. The van der Waals surface area contributed by atoms with Crippen molar-refractivity contribution in [2.75, 3.05) is 13.1 Å². The van der Waals surface area contributed by atoms with Gasteiger partial charge in [0.15, 0.2) is 5.41 Å². The number of carboxylic acid groups (broad SMARTS) is 1. The average molecular weight is 333 g/mol. The first-order valence-corrected chi connectivity index (χ1v) is 6.56. The Hall–Kier alpha value is -1.48. The predicted octanol–water partition coefficient (Wildman–Crippen LogP) is 2.44. The lowest BCUT2D eigenvalue weighted by Gasteiger charge is -2.37. The highest BCUT2D eigenvalue weighted by atomic mass is 19.4. The third-order valence-corrected chi connectivity index (χ3v) is 4.57. The summed E-state index contributed by atoms with van der Waals surface area (Å²) in [4.78, 5) is 23.3. The highest BCUT2D eigenvalue weighted by Crippen LogP contribution is 2.56. The lowest BCUT2D eigenvalue weighted by atomic mass is 9.73. The minimum absolute atomic E-state index is 0.164. The second kappa shape index (κ2) is 5.02. The van der Waals surface area contributed by atoms with Crippen LogP contribution in [0.15, 0.2) is 0 Å². The molecule has 1 saturated heterocycles. The number of rotatable bonds is 2. The van der Waals surface area contributed by atoms with Crippen molar-refractivity contribution in [2.45, 2.75) is 31.6 Å². The minimum Gasteiger partial charge on any atom is -0.481 e. The number of hydrogen-bond donors (Lipinski definition) is 1. The van der Waals surface area contributed by atoms with Gasteiger partial charge >= 0.3 is 18.3 Å². The zero-order valence-electron chi connectivity index (χ0n) is 11.2. The van der Waals surface area contributed by atoms with Gasteiger partial charge in [-0.3, -0.25) is 9.59 Å². The van der Waals surface area contributed by atoms with E-state index in [1.807, 2.05) is 0 Å². The molecule has 1 amide bonds. The van der Waals surface area contributed by atoms with Gasteiger partial charge < -0.3 is 10.0 Å². The van der Waals surface area contributed by atoms with Crippen LogP contribution < -0.4 is 0 Å². The lowest BCUT2D eigenvalue weighted by molar-refractivity contribution is -0.335. The summed E-state index contributed by atoms with van der Waals surface area (Å²) >= 11 is 0. The number of carbonyl (C=O) groups is 2. The Kier molecular flexibility index (Phi) is 3.85. The maximum Gasteiger partial charge on any atom is 0.404 e. The van der Waals surface area contributed by atoms with Crippen LogP contribution in [0.3, 0.4) is 0 Å². The van der Waals surface area contributed by atoms with Crippen molar-refractivity contribution in [3.05, 3.63) is 0 Å². The maximum atomic E-state index is 12.9. The molecule has 1 aliphatic heterocycles. The van der Waals surface area contributed by atoms with Crippen LogP contribution in [0.25, 0.3) is 0 Å². The van der Waals surface area contributed by atoms with Gasteiger partial charge in [0, 0.05) is 13.1 Å². The molecule has 0 aromatic rings. The molecule has 0 aromatic carbocycles. The summed E-state index contributed by atoms with van der Waals surface area (Å²) in [5.41, 5.74) is -3.93. The monoisotopic (exact) mass is 333 g/mol. The number of carboxylic acids is 1. The highest BCUT2D eigenvalue weighted by Gasteiger charge is 2.73. The third kappa shape index (κ3) is 2.41. The van der Waals surface area contributed by atoms with Crippen LogP contribution in [-0.4, -0.2) is 47.3 Å². The summed E-state index contributed by atoms with van der Waals surface area (Å²) in [5, 5.41) is 8.83.